The first-order valence-corrected chi connectivity index (χ1v) is 10.6. The van der Waals surface area contributed by atoms with Crippen LogP contribution in [-0.4, -0.2) is 24.7 Å². The number of nitriles is 1. The van der Waals surface area contributed by atoms with Gasteiger partial charge < -0.3 is 10.2 Å². The molecule has 0 heterocycles. The van der Waals surface area contributed by atoms with E-state index in [1.165, 1.54) is 0 Å². The lowest BCUT2D eigenvalue weighted by Crippen LogP contribution is -2.39. The van der Waals surface area contributed by atoms with Gasteiger partial charge in [-0.05, 0) is 42.7 Å². The van der Waals surface area contributed by atoms with Crippen LogP contribution in [0.2, 0.25) is 0 Å². The Kier molecular flexibility index (Phi) is 7.56. The van der Waals surface area contributed by atoms with Crippen molar-refractivity contribution >= 4 is 17.3 Å². The van der Waals surface area contributed by atoms with Crippen LogP contribution in [0.4, 0.5) is 24.5 Å². The Morgan fingerprint density at radius 3 is 2.39 bits per heavy atom. The van der Waals surface area contributed by atoms with Crippen molar-refractivity contribution in [2.75, 3.05) is 16.8 Å². The van der Waals surface area contributed by atoms with Gasteiger partial charge in [-0.25, -0.2) is 0 Å². The predicted molar refractivity (Wildman–Crippen MR) is 115 cm³/mol. The first-order valence-electron chi connectivity index (χ1n) is 10.6. The fourth-order valence-electron chi connectivity index (χ4n) is 4.05. The van der Waals surface area contributed by atoms with Gasteiger partial charge in [0, 0.05) is 12.6 Å². The molecule has 1 aliphatic rings. The number of para-hydroxylation sites is 2. The first kappa shape index (κ1) is 22.7. The highest BCUT2D eigenvalue weighted by molar-refractivity contribution is 5.95. The van der Waals surface area contributed by atoms with E-state index in [9.17, 15) is 18.0 Å². The smallest absolute Gasteiger partial charge is 0.367 e. The molecule has 0 bridgehead atoms. The van der Waals surface area contributed by atoms with Crippen LogP contribution in [0, 0.1) is 11.3 Å². The van der Waals surface area contributed by atoms with E-state index in [0.29, 0.717) is 16.9 Å². The third-order valence-electron chi connectivity index (χ3n) is 5.59. The van der Waals surface area contributed by atoms with E-state index < -0.39 is 12.6 Å². The molecule has 0 aliphatic heterocycles. The van der Waals surface area contributed by atoms with Crippen LogP contribution in [-0.2, 0) is 11.2 Å². The van der Waals surface area contributed by atoms with Crippen LogP contribution in [0.25, 0.3) is 0 Å². The van der Waals surface area contributed by atoms with E-state index >= 15 is 0 Å². The Hall–Kier alpha value is -3.01. The van der Waals surface area contributed by atoms with Crippen LogP contribution >= 0.6 is 0 Å². The number of nitrogens with one attached hydrogen (secondary N) is 1. The Balaban J connectivity index is 1.77. The molecule has 1 N–H and O–H groups in total. The van der Waals surface area contributed by atoms with Crippen molar-refractivity contribution in [3.8, 4) is 6.07 Å². The summed E-state index contributed by atoms with van der Waals surface area (Å²) in [6, 6.07) is 15.9. The van der Waals surface area contributed by atoms with E-state index in [1.807, 2.05) is 11.0 Å². The van der Waals surface area contributed by atoms with Crippen LogP contribution in [0.3, 0.4) is 0 Å². The molecule has 0 radical (unpaired) electrons. The quantitative estimate of drug-likeness (QED) is 0.602. The molecule has 0 atom stereocenters. The molecule has 0 spiro atoms. The van der Waals surface area contributed by atoms with E-state index in [1.54, 1.807) is 48.5 Å². The van der Waals surface area contributed by atoms with Crippen LogP contribution in [0.15, 0.2) is 48.5 Å². The van der Waals surface area contributed by atoms with Crippen LogP contribution in [0.5, 0.6) is 0 Å². The second-order valence-corrected chi connectivity index (χ2v) is 7.90. The number of hydrogen-bond acceptors (Lipinski definition) is 3. The number of anilines is 2. The molecule has 0 saturated heterocycles. The number of carbonyl (C=O) groups excluding carboxylic acids is 1. The molecule has 1 amide bonds. The molecule has 1 saturated carbocycles. The topological polar surface area (TPSA) is 56.1 Å². The maximum absolute atomic E-state index is 13.0. The summed E-state index contributed by atoms with van der Waals surface area (Å²) in [6.45, 7) is -0.128. The maximum Gasteiger partial charge on any atom is 0.390 e. The van der Waals surface area contributed by atoms with Crippen molar-refractivity contribution in [1.29, 1.82) is 5.26 Å². The first-order chi connectivity index (χ1) is 14.9. The van der Waals surface area contributed by atoms with Gasteiger partial charge in [-0.3, -0.25) is 4.79 Å². The van der Waals surface area contributed by atoms with Crippen LogP contribution in [0.1, 0.15) is 49.7 Å². The van der Waals surface area contributed by atoms with Crippen molar-refractivity contribution in [1.82, 2.24) is 0 Å². The summed E-state index contributed by atoms with van der Waals surface area (Å²) in [6.07, 6.45) is -0.201. The molecule has 4 nitrogen and oxygen atoms in total. The molecule has 7 heteroatoms. The average molecular weight is 429 g/mol. The zero-order valence-corrected chi connectivity index (χ0v) is 17.3. The van der Waals surface area contributed by atoms with Gasteiger partial charge in [-0.2, -0.15) is 18.4 Å². The normalized spacial score (nSPS) is 14.6. The zero-order valence-electron chi connectivity index (χ0n) is 17.3. The number of carbonyl (C=O) groups is 1. The van der Waals surface area contributed by atoms with E-state index in [4.69, 9.17) is 5.26 Å². The fourth-order valence-corrected chi connectivity index (χ4v) is 4.05. The molecule has 1 aliphatic carbocycles. The molecule has 1 fully saturated rings. The number of rotatable bonds is 7. The number of nitrogens with zero attached hydrogens (tertiary/aromatic N) is 2. The summed E-state index contributed by atoms with van der Waals surface area (Å²) >= 11 is 0. The Labute approximate surface area is 180 Å². The third-order valence-corrected chi connectivity index (χ3v) is 5.59. The van der Waals surface area contributed by atoms with E-state index in [-0.39, 0.29) is 24.9 Å². The third kappa shape index (κ3) is 6.74. The van der Waals surface area contributed by atoms with Gasteiger partial charge >= 0.3 is 6.18 Å². The number of benzene rings is 2. The minimum absolute atomic E-state index is 0.0349. The SMILES string of the molecule is N#Cc1ccc(CC(=O)Nc2ccccc2N(CCC(F)(F)F)C2CCCCC2)cc1. The maximum atomic E-state index is 13.0. The number of halogens is 3. The van der Waals surface area contributed by atoms with Gasteiger partial charge in [-0.1, -0.05) is 43.5 Å². The minimum Gasteiger partial charge on any atom is -0.367 e. The van der Waals surface area contributed by atoms with Crippen molar-refractivity contribution in [2.45, 2.75) is 57.2 Å². The van der Waals surface area contributed by atoms with Gasteiger partial charge in [-0.15, -0.1) is 0 Å². The number of alkyl halides is 3. The molecule has 31 heavy (non-hydrogen) atoms. The lowest BCUT2D eigenvalue weighted by atomic mass is 9.93. The molecule has 0 aromatic heterocycles. The van der Waals surface area contributed by atoms with Gasteiger partial charge in [0.1, 0.15) is 0 Å². The average Bonchev–Trinajstić information content (AvgIpc) is 2.75. The summed E-state index contributed by atoms with van der Waals surface area (Å²) < 4.78 is 39.0. The summed E-state index contributed by atoms with van der Waals surface area (Å²) in [4.78, 5) is 14.5. The standard InChI is InChI=1S/C24H26F3N3O/c25-24(26,27)14-15-30(20-6-2-1-3-7-20)22-9-5-4-8-21(22)29-23(31)16-18-10-12-19(17-28)13-11-18/h4-5,8-13,20H,1-3,6-7,14-16H2,(H,29,31). The second-order valence-electron chi connectivity index (χ2n) is 7.90. The van der Waals surface area contributed by atoms with Crippen molar-refractivity contribution in [3.05, 3.63) is 59.7 Å². The Bertz CT molecular complexity index is 913. The predicted octanol–water partition coefficient (Wildman–Crippen LogP) is 5.83. The number of amides is 1. The van der Waals surface area contributed by atoms with Gasteiger partial charge in [0.2, 0.25) is 5.91 Å². The largest absolute Gasteiger partial charge is 0.390 e. The highest BCUT2D eigenvalue weighted by Crippen LogP contribution is 2.34. The summed E-state index contributed by atoms with van der Waals surface area (Å²) in [5, 5.41) is 11.8. The molecular formula is C24H26F3N3O. The Morgan fingerprint density at radius 2 is 1.74 bits per heavy atom. The molecule has 0 unspecified atom stereocenters. The molecule has 164 valence electrons. The zero-order chi connectivity index (χ0) is 22.3. The molecule has 2 aromatic rings. The van der Waals surface area contributed by atoms with Crippen molar-refractivity contribution in [2.24, 2.45) is 0 Å². The monoisotopic (exact) mass is 429 g/mol. The van der Waals surface area contributed by atoms with Crippen LogP contribution < -0.4 is 10.2 Å². The van der Waals surface area contributed by atoms with Gasteiger partial charge in [0.15, 0.2) is 0 Å². The van der Waals surface area contributed by atoms with Crippen molar-refractivity contribution in [3.63, 3.8) is 0 Å². The summed E-state index contributed by atoms with van der Waals surface area (Å²) in [5.41, 5.74) is 2.43. The minimum atomic E-state index is -4.24. The van der Waals surface area contributed by atoms with Gasteiger partial charge in [0.25, 0.3) is 0 Å². The molecule has 3 rings (SSSR count). The van der Waals surface area contributed by atoms with E-state index in [2.05, 4.69) is 5.32 Å². The highest BCUT2D eigenvalue weighted by atomic mass is 19.4. The summed E-state index contributed by atoms with van der Waals surface area (Å²) in [5.74, 6) is -0.253. The second kappa shape index (κ2) is 10.3. The van der Waals surface area contributed by atoms with E-state index in [0.717, 1.165) is 37.7 Å². The fraction of sp³-hybridized carbons (Fsp3) is 0.417. The lowest BCUT2D eigenvalue weighted by Gasteiger charge is -2.37. The Morgan fingerprint density at radius 1 is 1.06 bits per heavy atom. The number of hydrogen-bond donors (Lipinski definition) is 1. The molecular weight excluding hydrogens is 403 g/mol. The van der Waals surface area contributed by atoms with Gasteiger partial charge in [0.05, 0.1) is 35.8 Å². The molecule has 2 aromatic carbocycles. The van der Waals surface area contributed by atoms with Crippen molar-refractivity contribution < 1.29 is 18.0 Å². The lowest BCUT2D eigenvalue weighted by molar-refractivity contribution is -0.132. The highest BCUT2D eigenvalue weighted by Gasteiger charge is 2.31. The summed E-state index contributed by atoms with van der Waals surface area (Å²) in [7, 11) is 0.